The molecule has 3 nitrogen and oxygen atoms in total. The Morgan fingerprint density at radius 3 is 2.05 bits per heavy atom. The van der Waals surface area contributed by atoms with Crippen molar-refractivity contribution in [2.45, 2.75) is 24.7 Å². The Balaban J connectivity index is 2.30. The van der Waals surface area contributed by atoms with E-state index in [1.165, 1.54) is 6.26 Å². The second-order valence-corrected chi connectivity index (χ2v) is 6.81. The summed E-state index contributed by atoms with van der Waals surface area (Å²) in [5.41, 5.74) is 3.19. The van der Waals surface area contributed by atoms with Crippen LogP contribution in [0.1, 0.15) is 29.7 Å². The van der Waals surface area contributed by atoms with Crippen LogP contribution < -0.4 is 0 Å². The number of benzene rings is 1. The fourth-order valence-electron chi connectivity index (χ4n) is 1.93. The van der Waals surface area contributed by atoms with Crippen LogP contribution in [0.25, 0.3) is 0 Å². The van der Waals surface area contributed by atoms with Gasteiger partial charge in [-0.2, -0.15) is 0 Å². The predicted molar refractivity (Wildman–Crippen MR) is 76.0 cm³/mol. The minimum Gasteiger partial charge on any atom is -0.261 e. The number of hydrogen-bond acceptors (Lipinski definition) is 3. The first-order valence-electron chi connectivity index (χ1n) is 6.10. The molecule has 0 fully saturated rings. The van der Waals surface area contributed by atoms with Crippen LogP contribution in [-0.4, -0.2) is 19.7 Å². The van der Waals surface area contributed by atoms with Crippen LogP contribution in [0.2, 0.25) is 0 Å². The predicted octanol–water partition coefficient (Wildman–Crippen LogP) is 2.95. The maximum absolute atomic E-state index is 11.4. The summed E-state index contributed by atoms with van der Waals surface area (Å²) in [6.07, 6.45) is 3.08. The van der Waals surface area contributed by atoms with Gasteiger partial charge in [0.05, 0.1) is 4.90 Å². The van der Waals surface area contributed by atoms with E-state index in [1.807, 2.05) is 31.3 Å². The highest BCUT2D eigenvalue weighted by Gasteiger charge is 2.11. The molecule has 1 atom stereocenters. The van der Waals surface area contributed by atoms with E-state index in [0.717, 1.165) is 16.8 Å². The molecule has 19 heavy (non-hydrogen) atoms. The van der Waals surface area contributed by atoms with Crippen LogP contribution in [0.15, 0.2) is 47.5 Å². The minimum absolute atomic E-state index is 0.196. The molecule has 2 rings (SSSR count). The Labute approximate surface area is 114 Å². The van der Waals surface area contributed by atoms with E-state index >= 15 is 0 Å². The van der Waals surface area contributed by atoms with Crippen molar-refractivity contribution in [2.24, 2.45) is 0 Å². The molecule has 0 radical (unpaired) electrons. The van der Waals surface area contributed by atoms with Gasteiger partial charge in [-0.05, 0) is 36.2 Å². The van der Waals surface area contributed by atoms with Crippen molar-refractivity contribution in [3.63, 3.8) is 0 Å². The van der Waals surface area contributed by atoms with E-state index < -0.39 is 9.84 Å². The number of pyridine rings is 1. The SMILES string of the molecule is Cc1ccc(C(C)c2ccc(S(C)(=O)=O)cc2)cn1. The van der Waals surface area contributed by atoms with E-state index in [9.17, 15) is 8.42 Å². The highest BCUT2D eigenvalue weighted by atomic mass is 32.2. The average Bonchev–Trinajstić information content (AvgIpc) is 2.38. The van der Waals surface area contributed by atoms with Crippen molar-refractivity contribution in [3.05, 3.63) is 59.4 Å². The smallest absolute Gasteiger partial charge is 0.175 e. The summed E-state index contributed by atoms with van der Waals surface area (Å²) in [5.74, 6) is 0.196. The summed E-state index contributed by atoms with van der Waals surface area (Å²) in [6.45, 7) is 4.04. The average molecular weight is 275 g/mol. The Kier molecular flexibility index (Phi) is 3.71. The highest BCUT2D eigenvalue weighted by Crippen LogP contribution is 2.24. The van der Waals surface area contributed by atoms with E-state index in [1.54, 1.807) is 12.1 Å². The van der Waals surface area contributed by atoms with Gasteiger partial charge in [-0.25, -0.2) is 8.42 Å². The van der Waals surface area contributed by atoms with Crippen molar-refractivity contribution in [1.29, 1.82) is 0 Å². The van der Waals surface area contributed by atoms with Crippen molar-refractivity contribution < 1.29 is 8.42 Å². The highest BCUT2D eigenvalue weighted by molar-refractivity contribution is 7.90. The largest absolute Gasteiger partial charge is 0.261 e. The number of hydrogen-bond donors (Lipinski definition) is 0. The number of aryl methyl sites for hydroxylation is 1. The lowest BCUT2D eigenvalue weighted by Gasteiger charge is -2.12. The van der Waals surface area contributed by atoms with Crippen molar-refractivity contribution in [3.8, 4) is 0 Å². The molecule has 1 aromatic heterocycles. The second kappa shape index (κ2) is 5.13. The van der Waals surface area contributed by atoms with Gasteiger partial charge in [0.25, 0.3) is 0 Å². The molecule has 100 valence electrons. The van der Waals surface area contributed by atoms with Crippen LogP contribution in [0, 0.1) is 6.92 Å². The van der Waals surface area contributed by atoms with Gasteiger partial charge in [0, 0.05) is 24.1 Å². The molecule has 0 aliphatic heterocycles. The maximum atomic E-state index is 11.4. The maximum Gasteiger partial charge on any atom is 0.175 e. The van der Waals surface area contributed by atoms with Crippen LogP contribution in [0.3, 0.4) is 0 Å². The molecule has 2 aromatic rings. The van der Waals surface area contributed by atoms with Gasteiger partial charge in [0.1, 0.15) is 0 Å². The van der Waals surface area contributed by atoms with Gasteiger partial charge in [-0.3, -0.25) is 4.98 Å². The first-order valence-corrected chi connectivity index (χ1v) is 7.99. The zero-order chi connectivity index (χ0) is 14.0. The van der Waals surface area contributed by atoms with E-state index in [0.29, 0.717) is 4.90 Å². The molecule has 0 spiro atoms. The minimum atomic E-state index is -3.13. The molecule has 0 N–H and O–H groups in total. The van der Waals surface area contributed by atoms with Crippen LogP contribution in [0.4, 0.5) is 0 Å². The second-order valence-electron chi connectivity index (χ2n) is 4.80. The zero-order valence-corrected chi connectivity index (χ0v) is 12.1. The molecular weight excluding hydrogens is 258 g/mol. The summed E-state index contributed by atoms with van der Waals surface area (Å²) < 4.78 is 22.8. The van der Waals surface area contributed by atoms with Crippen LogP contribution >= 0.6 is 0 Å². The zero-order valence-electron chi connectivity index (χ0n) is 11.3. The van der Waals surface area contributed by atoms with Gasteiger partial charge in [-0.15, -0.1) is 0 Å². The summed E-state index contributed by atoms with van der Waals surface area (Å²) in [5, 5.41) is 0. The molecule has 0 amide bonds. The first-order chi connectivity index (χ1) is 8.88. The van der Waals surface area contributed by atoms with Crippen molar-refractivity contribution in [2.75, 3.05) is 6.26 Å². The number of rotatable bonds is 3. The summed E-state index contributed by atoms with van der Waals surface area (Å²) >= 11 is 0. The quantitative estimate of drug-likeness (QED) is 0.865. The fourth-order valence-corrected chi connectivity index (χ4v) is 2.56. The summed E-state index contributed by atoms with van der Waals surface area (Å²) in [4.78, 5) is 4.64. The topological polar surface area (TPSA) is 47.0 Å². The Morgan fingerprint density at radius 1 is 1.00 bits per heavy atom. The van der Waals surface area contributed by atoms with E-state index in [-0.39, 0.29) is 5.92 Å². The van der Waals surface area contributed by atoms with Gasteiger partial charge < -0.3 is 0 Å². The fraction of sp³-hybridized carbons (Fsp3) is 0.267. The molecule has 1 heterocycles. The molecule has 1 unspecified atom stereocenters. The van der Waals surface area contributed by atoms with Gasteiger partial charge >= 0.3 is 0 Å². The molecule has 1 aromatic carbocycles. The Hall–Kier alpha value is -1.68. The standard InChI is InChI=1S/C15H17NO2S/c1-11-4-5-14(10-16-11)12(2)13-6-8-15(9-7-13)19(3,17)18/h4-10,12H,1-3H3. The number of sulfone groups is 1. The lowest BCUT2D eigenvalue weighted by molar-refractivity contribution is 0.602. The molecule has 0 saturated carbocycles. The molecular formula is C15H17NO2S. The third-order valence-electron chi connectivity index (χ3n) is 3.24. The Bertz CT molecular complexity index is 658. The third kappa shape index (κ3) is 3.20. The van der Waals surface area contributed by atoms with Crippen molar-refractivity contribution in [1.82, 2.24) is 4.98 Å². The van der Waals surface area contributed by atoms with Gasteiger partial charge in [0.15, 0.2) is 9.84 Å². The van der Waals surface area contributed by atoms with Gasteiger partial charge in [-0.1, -0.05) is 25.1 Å². The molecule has 0 aliphatic carbocycles. The molecule has 0 saturated heterocycles. The van der Waals surface area contributed by atoms with E-state index in [2.05, 4.69) is 18.0 Å². The normalized spacial score (nSPS) is 13.2. The lowest BCUT2D eigenvalue weighted by Crippen LogP contribution is -2.00. The monoisotopic (exact) mass is 275 g/mol. The van der Waals surface area contributed by atoms with Crippen molar-refractivity contribution >= 4 is 9.84 Å². The number of aromatic nitrogens is 1. The Morgan fingerprint density at radius 2 is 1.58 bits per heavy atom. The molecule has 0 bridgehead atoms. The van der Waals surface area contributed by atoms with Crippen LogP contribution in [-0.2, 0) is 9.84 Å². The first kappa shape index (κ1) is 13.7. The lowest BCUT2D eigenvalue weighted by atomic mass is 9.94. The summed E-state index contributed by atoms with van der Waals surface area (Å²) in [6, 6.07) is 11.1. The number of nitrogens with zero attached hydrogens (tertiary/aromatic N) is 1. The molecule has 4 heteroatoms. The van der Waals surface area contributed by atoms with E-state index in [4.69, 9.17) is 0 Å². The summed E-state index contributed by atoms with van der Waals surface area (Å²) in [7, 11) is -3.13. The third-order valence-corrected chi connectivity index (χ3v) is 4.37. The van der Waals surface area contributed by atoms with Gasteiger partial charge in [0.2, 0.25) is 0 Å². The van der Waals surface area contributed by atoms with Crippen LogP contribution in [0.5, 0.6) is 0 Å². The molecule has 0 aliphatic rings.